The van der Waals surface area contributed by atoms with Crippen molar-refractivity contribution < 1.29 is 18.3 Å². The van der Waals surface area contributed by atoms with Gasteiger partial charge in [-0.3, -0.25) is 4.79 Å². The van der Waals surface area contributed by atoms with Gasteiger partial charge in [0.25, 0.3) is 0 Å². The molecule has 1 aromatic carbocycles. The van der Waals surface area contributed by atoms with Crippen molar-refractivity contribution in [1.82, 2.24) is 4.31 Å². The minimum Gasteiger partial charge on any atom is -0.480 e. The number of sulfonamides is 1. The van der Waals surface area contributed by atoms with Crippen molar-refractivity contribution in [1.29, 1.82) is 0 Å². The molecule has 0 saturated carbocycles. The Kier molecular flexibility index (Phi) is 5.61. The van der Waals surface area contributed by atoms with Crippen LogP contribution in [0.15, 0.2) is 34.1 Å². The van der Waals surface area contributed by atoms with Crippen molar-refractivity contribution in [3.05, 3.63) is 24.3 Å². The average molecular weight is 317 g/mol. The van der Waals surface area contributed by atoms with E-state index in [9.17, 15) is 13.2 Å². The highest BCUT2D eigenvalue weighted by Crippen LogP contribution is 2.29. The molecular weight excluding hydrogens is 298 g/mol. The molecule has 0 bridgehead atoms. The summed E-state index contributed by atoms with van der Waals surface area (Å²) in [5, 5.41) is 8.59. The van der Waals surface area contributed by atoms with Crippen molar-refractivity contribution >= 4 is 27.8 Å². The minimum absolute atomic E-state index is 0.0114. The Morgan fingerprint density at radius 1 is 1.20 bits per heavy atom. The lowest BCUT2D eigenvalue weighted by Gasteiger charge is -2.16. The number of carbonyl (C=O) groups is 1. The monoisotopic (exact) mass is 317 g/mol. The van der Waals surface area contributed by atoms with Crippen LogP contribution in [0.25, 0.3) is 0 Å². The van der Waals surface area contributed by atoms with E-state index in [1.807, 2.05) is 13.8 Å². The van der Waals surface area contributed by atoms with Crippen LogP contribution in [0.1, 0.15) is 13.8 Å². The fourth-order valence-corrected chi connectivity index (χ4v) is 3.38. The SMILES string of the molecule is CC(C)C(Sc1ccc(S(=O)(=O)N(C)C)cc1)C(=O)O. The third-order valence-electron chi connectivity index (χ3n) is 2.71. The van der Waals surface area contributed by atoms with E-state index in [4.69, 9.17) is 5.11 Å². The Balaban J connectivity index is 2.95. The molecule has 5 nitrogen and oxygen atoms in total. The van der Waals surface area contributed by atoms with Crippen LogP contribution < -0.4 is 0 Å². The second kappa shape index (κ2) is 6.60. The smallest absolute Gasteiger partial charge is 0.317 e. The zero-order chi connectivity index (χ0) is 15.5. The van der Waals surface area contributed by atoms with Crippen LogP contribution in [-0.2, 0) is 14.8 Å². The zero-order valence-corrected chi connectivity index (χ0v) is 13.5. The van der Waals surface area contributed by atoms with Gasteiger partial charge in [0.15, 0.2) is 0 Å². The Bertz CT molecular complexity index is 565. The normalized spacial score (nSPS) is 13.7. The lowest BCUT2D eigenvalue weighted by atomic mass is 10.1. The summed E-state index contributed by atoms with van der Waals surface area (Å²) in [6.07, 6.45) is 0. The molecule has 7 heteroatoms. The molecule has 1 rings (SSSR count). The van der Waals surface area contributed by atoms with Crippen LogP contribution in [0.4, 0.5) is 0 Å². The Morgan fingerprint density at radius 3 is 2.05 bits per heavy atom. The molecule has 0 aliphatic carbocycles. The van der Waals surface area contributed by atoms with Crippen molar-refractivity contribution in [3.63, 3.8) is 0 Å². The lowest BCUT2D eigenvalue weighted by Crippen LogP contribution is -2.23. The van der Waals surface area contributed by atoms with Crippen LogP contribution >= 0.6 is 11.8 Å². The molecular formula is C13H19NO4S2. The summed E-state index contributed by atoms with van der Waals surface area (Å²) >= 11 is 1.22. The molecule has 1 atom stereocenters. The Labute approximate surface area is 124 Å². The number of hydrogen-bond donors (Lipinski definition) is 1. The van der Waals surface area contributed by atoms with Gasteiger partial charge < -0.3 is 5.11 Å². The van der Waals surface area contributed by atoms with Crippen molar-refractivity contribution in [3.8, 4) is 0 Å². The topological polar surface area (TPSA) is 74.7 Å². The molecule has 0 fully saturated rings. The van der Waals surface area contributed by atoms with Gasteiger partial charge >= 0.3 is 5.97 Å². The van der Waals surface area contributed by atoms with E-state index < -0.39 is 21.2 Å². The first-order chi connectivity index (χ1) is 9.16. The average Bonchev–Trinajstić information content (AvgIpc) is 2.35. The summed E-state index contributed by atoms with van der Waals surface area (Å²) in [6, 6.07) is 6.27. The van der Waals surface area contributed by atoms with Crippen molar-refractivity contribution in [2.45, 2.75) is 28.9 Å². The fourth-order valence-electron chi connectivity index (χ4n) is 1.52. The van der Waals surface area contributed by atoms with E-state index in [2.05, 4.69) is 0 Å². The Morgan fingerprint density at radius 2 is 1.70 bits per heavy atom. The van der Waals surface area contributed by atoms with Crippen LogP contribution in [0.5, 0.6) is 0 Å². The summed E-state index contributed by atoms with van der Waals surface area (Å²) in [4.78, 5) is 12.1. The summed E-state index contributed by atoms with van der Waals surface area (Å²) in [5.74, 6) is -0.877. The molecule has 112 valence electrons. The molecule has 20 heavy (non-hydrogen) atoms. The van der Waals surface area contributed by atoms with Crippen LogP contribution in [0.2, 0.25) is 0 Å². The van der Waals surface area contributed by atoms with Gasteiger partial charge in [-0.05, 0) is 30.2 Å². The van der Waals surface area contributed by atoms with Crippen LogP contribution in [-0.4, -0.2) is 43.1 Å². The first-order valence-corrected chi connectivity index (χ1v) is 8.40. The number of rotatable bonds is 6. The molecule has 1 N–H and O–H groups in total. The van der Waals surface area contributed by atoms with Gasteiger partial charge in [0, 0.05) is 19.0 Å². The number of hydrogen-bond acceptors (Lipinski definition) is 4. The third kappa shape index (κ3) is 3.97. The van der Waals surface area contributed by atoms with Gasteiger partial charge in [-0.15, -0.1) is 11.8 Å². The second-order valence-corrected chi connectivity index (χ2v) is 8.25. The van der Waals surface area contributed by atoms with E-state index in [0.717, 1.165) is 9.20 Å². The maximum absolute atomic E-state index is 11.9. The van der Waals surface area contributed by atoms with Gasteiger partial charge in [-0.1, -0.05) is 13.8 Å². The van der Waals surface area contributed by atoms with E-state index in [1.54, 1.807) is 12.1 Å². The quantitative estimate of drug-likeness (QED) is 0.814. The summed E-state index contributed by atoms with van der Waals surface area (Å²) in [6.45, 7) is 3.69. The molecule has 0 aromatic heterocycles. The largest absolute Gasteiger partial charge is 0.480 e. The molecule has 0 spiro atoms. The predicted molar refractivity (Wildman–Crippen MR) is 79.4 cm³/mol. The van der Waals surface area contributed by atoms with Gasteiger partial charge in [0.1, 0.15) is 5.25 Å². The van der Waals surface area contributed by atoms with Gasteiger partial charge in [0.2, 0.25) is 10.0 Å². The number of thioether (sulfide) groups is 1. The van der Waals surface area contributed by atoms with Crippen molar-refractivity contribution in [2.75, 3.05) is 14.1 Å². The highest BCUT2D eigenvalue weighted by Gasteiger charge is 2.23. The van der Waals surface area contributed by atoms with Crippen LogP contribution in [0, 0.1) is 5.92 Å². The molecule has 1 unspecified atom stereocenters. The molecule has 0 radical (unpaired) electrons. The number of aliphatic carboxylic acids is 1. The van der Waals surface area contributed by atoms with E-state index >= 15 is 0 Å². The highest BCUT2D eigenvalue weighted by molar-refractivity contribution is 8.00. The third-order valence-corrected chi connectivity index (χ3v) is 6.09. The lowest BCUT2D eigenvalue weighted by molar-refractivity contribution is -0.137. The summed E-state index contributed by atoms with van der Waals surface area (Å²) in [5.41, 5.74) is 0. The number of benzene rings is 1. The first kappa shape index (κ1) is 17.0. The van der Waals surface area contributed by atoms with Gasteiger partial charge in [0.05, 0.1) is 4.90 Å². The molecule has 0 saturated heterocycles. The van der Waals surface area contributed by atoms with Gasteiger partial charge in [-0.25, -0.2) is 12.7 Å². The number of carboxylic acids is 1. The Hall–Kier alpha value is -1.05. The molecule has 1 aromatic rings. The fraction of sp³-hybridized carbons (Fsp3) is 0.462. The van der Waals surface area contributed by atoms with Gasteiger partial charge in [-0.2, -0.15) is 0 Å². The minimum atomic E-state index is -3.45. The van der Waals surface area contributed by atoms with E-state index in [-0.39, 0.29) is 10.8 Å². The summed E-state index contributed by atoms with van der Waals surface area (Å²) < 4.78 is 25.0. The number of nitrogens with zero attached hydrogens (tertiary/aromatic N) is 1. The summed E-state index contributed by atoms with van der Waals surface area (Å²) in [7, 11) is -0.508. The van der Waals surface area contributed by atoms with E-state index in [1.165, 1.54) is 38.0 Å². The highest BCUT2D eigenvalue weighted by atomic mass is 32.2. The molecule has 0 aliphatic heterocycles. The molecule has 0 heterocycles. The number of carboxylic acid groups (broad SMARTS) is 1. The maximum Gasteiger partial charge on any atom is 0.317 e. The first-order valence-electron chi connectivity index (χ1n) is 6.08. The van der Waals surface area contributed by atoms with Crippen molar-refractivity contribution in [2.24, 2.45) is 5.92 Å². The molecule has 0 amide bonds. The second-order valence-electron chi connectivity index (χ2n) is 4.88. The van der Waals surface area contributed by atoms with E-state index in [0.29, 0.717) is 0 Å². The van der Waals surface area contributed by atoms with Crippen LogP contribution in [0.3, 0.4) is 0 Å². The maximum atomic E-state index is 11.9. The molecule has 0 aliphatic rings. The predicted octanol–water partition coefficient (Wildman–Crippen LogP) is 2.14. The standard InChI is InChI=1S/C13H19NO4S2/c1-9(2)12(13(15)16)19-10-5-7-11(8-6-10)20(17,18)14(3)4/h5-9,12H,1-4H3,(H,15,16). The zero-order valence-electron chi connectivity index (χ0n) is 11.9.